The Morgan fingerprint density at radius 2 is 2.07 bits per heavy atom. The third kappa shape index (κ3) is 3.27. The molecule has 0 bridgehead atoms. The van der Waals surface area contributed by atoms with Crippen molar-refractivity contribution < 1.29 is 23.8 Å². The van der Waals surface area contributed by atoms with Crippen LogP contribution in [-0.2, 0) is 9.53 Å². The van der Waals surface area contributed by atoms with Crippen molar-refractivity contribution in [3.8, 4) is 23.3 Å². The van der Waals surface area contributed by atoms with Gasteiger partial charge >= 0.3 is 6.09 Å². The Morgan fingerprint density at radius 1 is 1.22 bits per heavy atom. The van der Waals surface area contributed by atoms with Crippen LogP contribution < -0.4 is 14.8 Å². The average molecular weight is 385 g/mol. The second-order valence-corrected chi connectivity index (χ2v) is 6.52. The number of ether oxygens (including phenoxy) is 3. The van der Waals surface area contributed by atoms with E-state index in [0.717, 1.165) is 5.56 Å². The highest BCUT2D eigenvalue weighted by Gasteiger charge is 2.41. The van der Waals surface area contributed by atoms with Gasteiger partial charge in [-0.25, -0.2) is 4.79 Å². The molecule has 0 aromatic heterocycles. The first-order valence-corrected chi connectivity index (χ1v) is 8.58. The lowest BCUT2D eigenvalue weighted by Gasteiger charge is -2.28. The molecule has 136 valence electrons. The molecule has 2 heterocycles. The van der Waals surface area contributed by atoms with Gasteiger partial charge in [-0.15, -0.1) is 0 Å². The van der Waals surface area contributed by atoms with Crippen molar-refractivity contribution in [2.24, 2.45) is 0 Å². The molecule has 0 spiro atoms. The Bertz CT molecular complexity index is 985. The van der Waals surface area contributed by atoms with Gasteiger partial charge in [0.05, 0.1) is 23.3 Å². The van der Waals surface area contributed by atoms with Crippen molar-refractivity contribution in [2.75, 3.05) is 6.61 Å². The van der Waals surface area contributed by atoms with Gasteiger partial charge in [-0.05, 0) is 30.7 Å². The molecular weight excluding hydrogens is 372 g/mol. The lowest BCUT2D eigenvalue weighted by molar-refractivity contribution is -0.124. The number of alkyl carbamates (subject to hydrolysis) is 1. The molecule has 8 heteroatoms. The predicted octanol–water partition coefficient (Wildman–Crippen LogP) is 3.51. The molecule has 2 aromatic rings. The number of halogens is 1. The number of nitrogens with one attached hydrogen (secondary N) is 1. The van der Waals surface area contributed by atoms with Crippen LogP contribution in [0.15, 0.2) is 36.4 Å². The van der Waals surface area contributed by atoms with Crippen LogP contribution in [0.3, 0.4) is 0 Å². The van der Waals surface area contributed by atoms with Crippen molar-refractivity contribution in [3.63, 3.8) is 0 Å². The molecule has 1 N–H and O–H groups in total. The summed E-state index contributed by atoms with van der Waals surface area (Å²) in [7, 11) is 0. The van der Waals surface area contributed by atoms with Gasteiger partial charge < -0.3 is 14.2 Å². The number of rotatable bonds is 3. The second-order valence-electron chi connectivity index (χ2n) is 6.12. The summed E-state index contributed by atoms with van der Waals surface area (Å²) in [5, 5.41) is 11.4. The van der Waals surface area contributed by atoms with Crippen molar-refractivity contribution in [1.82, 2.24) is 5.32 Å². The van der Waals surface area contributed by atoms with E-state index in [4.69, 9.17) is 31.1 Å². The molecular formula is C19H13ClN2O5. The van der Waals surface area contributed by atoms with Gasteiger partial charge in [0, 0.05) is 17.5 Å². The fraction of sp³-hybridized carbons (Fsp3) is 0.211. The van der Waals surface area contributed by atoms with Gasteiger partial charge in [-0.1, -0.05) is 17.7 Å². The first-order chi connectivity index (χ1) is 13.0. The molecule has 0 aliphatic carbocycles. The standard InChI is InChI=1S/C19H13ClN2O5/c20-14-7-10(9-21)1-4-15(14)26-11-2-3-12-13(5-6-25-16(12)8-11)17-18(23)22-19(24)27-17/h1-4,7-8,13,17H,5-6H2,(H,22,23,24)/t13-,17?/m1/s1. The minimum absolute atomic E-state index is 0.284. The van der Waals surface area contributed by atoms with Crippen LogP contribution in [0.4, 0.5) is 4.79 Å². The zero-order valence-corrected chi connectivity index (χ0v) is 14.7. The fourth-order valence-corrected chi connectivity index (χ4v) is 3.41. The van der Waals surface area contributed by atoms with E-state index < -0.39 is 18.1 Å². The van der Waals surface area contributed by atoms with Crippen LogP contribution in [0, 0.1) is 11.3 Å². The molecule has 2 aliphatic rings. The number of nitriles is 1. The number of fused-ring (bicyclic) bond motifs is 1. The highest BCUT2D eigenvalue weighted by Crippen LogP contribution is 2.41. The smallest absolute Gasteiger partial charge is 0.414 e. The third-order valence-electron chi connectivity index (χ3n) is 4.44. The Hall–Kier alpha value is -3.24. The molecule has 27 heavy (non-hydrogen) atoms. The first kappa shape index (κ1) is 17.2. The summed E-state index contributed by atoms with van der Waals surface area (Å²) < 4.78 is 16.6. The maximum atomic E-state index is 11.9. The molecule has 1 unspecified atom stereocenters. The Kier molecular flexibility index (Phi) is 4.34. The van der Waals surface area contributed by atoms with E-state index >= 15 is 0 Å². The number of hydrogen-bond donors (Lipinski definition) is 1. The summed E-state index contributed by atoms with van der Waals surface area (Å²) in [6.07, 6.45) is -1.03. The van der Waals surface area contributed by atoms with E-state index in [2.05, 4.69) is 5.32 Å². The van der Waals surface area contributed by atoms with Crippen molar-refractivity contribution >= 4 is 23.6 Å². The quantitative estimate of drug-likeness (QED) is 0.869. The minimum Gasteiger partial charge on any atom is -0.493 e. The largest absolute Gasteiger partial charge is 0.493 e. The van der Waals surface area contributed by atoms with Crippen molar-refractivity contribution in [2.45, 2.75) is 18.4 Å². The molecule has 1 fully saturated rings. The van der Waals surface area contributed by atoms with Gasteiger partial charge in [0.15, 0.2) is 6.10 Å². The van der Waals surface area contributed by atoms with E-state index in [1.54, 1.807) is 30.3 Å². The van der Waals surface area contributed by atoms with Gasteiger partial charge in [0.25, 0.3) is 5.91 Å². The highest BCUT2D eigenvalue weighted by atomic mass is 35.5. The van der Waals surface area contributed by atoms with Crippen LogP contribution in [0.2, 0.25) is 5.02 Å². The maximum absolute atomic E-state index is 11.9. The lowest BCUT2D eigenvalue weighted by atomic mass is 9.88. The van der Waals surface area contributed by atoms with E-state index in [9.17, 15) is 9.59 Å². The Morgan fingerprint density at radius 3 is 2.78 bits per heavy atom. The summed E-state index contributed by atoms with van der Waals surface area (Å²) in [4.78, 5) is 23.2. The van der Waals surface area contributed by atoms with E-state index in [1.807, 2.05) is 6.07 Å². The number of imide groups is 1. The normalized spacial score (nSPS) is 20.7. The summed E-state index contributed by atoms with van der Waals surface area (Å²) in [6, 6.07) is 12.0. The van der Waals surface area contributed by atoms with Crippen LogP contribution in [0.25, 0.3) is 0 Å². The predicted molar refractivity (Wildman–Crippen MR) is 93.9 cm³/mol. The third-order valence-corrected chi connectivity index (χ3v) is 4.74. The van der Waals surface area contributed by atoms with Gasteiger partial charge in [-0.2, -0.15) is 5.26 Å². The van der Waals surface area contributed by atoms with Crippen molar-refractivity contribution in [3.05, 3.63) is 52.5 Å². The number of nitrogens with zero attached hydrogens (tertiary/aromatic N) is 1. The summed E-state index contributed by atoms with van der Waals surface area (Å²) in [5.74, 6) is 0.737. The van der Waals surface area contributed by atoms with Crippen LogP contribution in [-0.4, -0.2) is 24.7 Å². The topological polar surface area (TPSA) is 97.7 Å². The zero-order valence-electron chi connectivity index (χ0n) is 13.9. The Balaban J connectivity index is 1.59. The Labute approximate surface area is 159 Å². The van der Waals surface area contributed by atoms with Crippen LogP contribution in [0.5, 0.6) is 17.2 Å². The molecule has 2 aromatic carbocycles. The molecule has 2 aliphatic heterocycles. The van der Waals surface area contributed by atoms with Gasteiger partial charge in [0.2, 0.25) is 0 Å². The van der Waals surface area contributed by atoms with Crippen LogP contribution in [0.1, 0.15) is 23.5 Å². The van der Waals surface area contributed by atoms with E-state index in [-0.39, 0.29) is 5.92 Å². The fourth-order valence-electron chi connectivity index (χ4n) is 3.19. The summed E-state index contributed by atoms with van der Waals surface area (Å²) in [6.45, 7) is 0.389. The van der Waals surface area contributed by atoms with Gasteiger partial charge in [-0.3, -0.25) is 10.1 Å². The zero-order chi connectivity index (χ0) is 19.0. The molecule has 4 rings (SSSR count). The maximum Gasteiger partial charge on any atom is 0.414 e. The van der Waals surface area contributed by atoms with Crippen molar-refractivity contribution in [1.29, 1.82) is 5.26 Å². The summed E-state index contributed by atoms with van der Waals surface area (Å²) >= 11 is 6.14. The highest BCUT2D eigenvalue weighted by molar-refractivity contribution is 6.32. The van der Waals surface area contributed by atoms with E-state index in [1.165, 1.54) is 6.07 Å². The average Bonchev–Trinajstić information content (AvgIpc) is 3.00. The first-order valence-electron chi connectivity index (χ1n) is 8.21. The molecule has 2 atom stereocenters. The van der Waals surface area contributed by atoms with Gasteiger partial charge in [0.1, 0.15) is 17.2 Å². The summed E-state index contributed by atoms with van der Waals surface area (Å²) in [5.41, 5.74) is 1.21. The molecule has 0 radical (unpaired) electrons. The number of benzene rings is 2. The molecule has 0 saturated carbocycles. The number of cyclic esters (lactones) is 1. The minimum atomic E-state index is -0.861. The SMILES string of the molecule is N#Cc1ccc(Oc2ccc3c(c2)OCC[C@H]3C2OC(=O)NC2=O)c(Cl)c1. The lowest BCUT2D eigenvalue weighted by Crippen LogP contribution is -2.32. The molecule has 7 nitrogen and oxygen atoms in total. The number of carbonyl (C=O) groups is 2. The van der Waals surface area contributed by atoms with E-state index in [0.29, 0.717) is 40.9 Å². The number of carbonyl (C=O) groups excluding carboxylic acids is 2. The molecule has 2 amide bonds. The monoisotopic (exact) mass is 384 g/mol. The molecule has 1 saturated heterocycles. The van der Waals surface area contributed by atoms with Crippen LogP contribution >= 0.6 is 11.6 Å². The number of amides is 2. The number of hydrogen-bond acceptors (Lipinski definition) is 6. The second kappa shape index (κ2) is 6.82.